The molecule has 0 radical (unpaired) electrons. The summed E-state index contributed by atoms with van der Waals surface area (Å²) in [6, 6.07) is 14.6. The lowest BCUT2D eigenvalue weighted by Gasteiger charge is -2.06. The molecule has 1 amide bonds. The Morgan fingerprint density at radius 1 is 1.09 bits per heavy atom. The number of ether oxygens (including phenoxy) is 2. The van der Waals surface area contributed by atoms with Gasteiger partial charge in [0.15, 0.2) is 5.76 Å². The predicted molar refractivity (Wildman–Crippen MR) is 87.9 cm³/mol. The SMILES string of the molecule is COCc1c(C(=O)Nc2ccc(OC)cc2)oc2ccccc12. The lowest BCUT2D eigenvalue weighted by molar-refractivity contribution is 0.0992. The zero-order valence-electron chi connectivity index (χ0n) is 13.0. The minimum absolute atomic E-state index is 0.267. The van der Waals surface area contributed by atoms with Crippen molar-refractivity contribution < 1.29 is 18.7 Å². The molecule has 0 bridgehead atoms. The molecule has 0 spiro atoms. The smallest absolute Gasteiger partial charge is 0.291 e. The summed E-state index contributed by atoms with van der Waals surface area (Å²) < 4.78 is 16.0. The minimum atomic E-state index is -0.307. The molecule has 1 aromatic heterocycles. The van der Waals surface area contributed by atoms with Gasteiger partial charge in [-0.25, -0.2) is 0 Å². The van der Waals surface area contributed by atoms with Gasteiger partial charge in [-0.2, -0.15) is 0 Å². The summed E-state index contributed by atoms with van der Waals surface area (Å²) in [5, 5.41) is 3.71. The third-order valence-electron chi connectivity index (χ3n) is 3.54. The number of benzene rings is 2. The molecular formula is C18H17NO4. The second kappa shape index (κ2) is 6.54. The summed E-state index contributed by atoms with van der Waals surface area (Å²) in [6.45, 7) is 0.308. The van der Waals surface area contributed by atoms with E-state index >= 15 is 0 Å². The van der Waals surface area contributed by atoms with E-state index in [0.29, 0.717) is 17.9 Å². The number of fused-ring (bicyclic) bond motifs is 1. The van der Waals surface area contributed by atoms with Gasteiger partial charge in [-0.1, -0.05) is 18.2 Å². The number of hydrogen-bond donors (Lipinski definition) is 1. The first-order valence-corrected chi connectivity index (χ1v) is 7.17. The molecule has 2 aromatic carbocycles. The summed E-state index contributed by atoms with van der Waals surface area (Å²) in [5.74, 6) is 0.689. The lowest BCUT2D eigenvalue weighted by Crippen LogP contribution is -2.13. The zero-order valence-corrected chi connectivity index (χ0v) is 13.0. The van der Waals surface area contributed by atoms with Gasteiger partial charge in [0.1, 0.15) is 11.3 Å². The van der Waals surface area contributed by atoms with Crippen molar-refractivity contribution in [3.8, 4) is 5.75 Å². The topological polar surface area (TPSA) is 60.7 Å². The number of hydrogen-bond acceptors (Lipinski definition) is 4. The summed E-state index contributed by atoms with van der Waals surface area (Å²) in [5.41, 5.74) is 2.08. The van der Waals surface area contributed by atoms with E-state index in [1.54, 1.807) is 38.5 Å². The average molecular weight is 311 g/mol. The number of anilines is 1. The van der Waals surface area contributed by atoms with Crippen molar-refractivity contribution >= 4 is 22.6 Å². The van der Waals surface area contributed by atoms with Crippen LogP contribution in [0.1, 0.15) is 16.1 Å². The number of carbonyl (C=O) groups is 1. The van der Waals surface area contributed by atoms with Gasteiger partial charge in [-0.3, -0.25) is 4.79 Å². The van der Waals surface area contributed by atoms with Crippen LogP contribution in [0.2, 0.25) is 0 Å². The molecule has 118 valence electrons. The molecule has 0 unspecified atom stereocenters. The number of furan rings is 1. The second-order valence-corrected chi connectivity index (χ2v) is 5.02. The van der Waals surface area contributed by atoms with Crippen molar-refractivity contribution in [3.63, 3.8) is 0 Å². The van der Waals surface area contributed by atoms with Crippen LogP contribution in [-0.2, 0) is 11.3 Å². The Bertz CT molecular complexity index is 821. The Kier molecular flexibility index (Phi) is 4.30. The molecule has 0 saturated heterocycles. The Morgan fingerprint density at radius 3 is 2.52 bits per heavy atom. The molecule has 5 heteroatoms. The van der Waals surface area contributed by atoms with E-state index in [2.05, 4.69) is 5.32 Å². The first kappa shape index (κ1) is 15.1. The van der Waals surface area contributed by atoms with Gasteiger partial charge >= 0.3 is 0 Å². The maximum Gasteiger partial charge on any atom is 0.291 e. The molecule has 23 heavy (non-hydrogen) atoms. The van der Waals surface area contributed by atoms with Gasteiger partial charge < -0.3 is 19.2 Å². The van der Waals surface area contributed by atoms with E-state index in [1.807, 2.05) is 24.3 Å². The number of rotatable bonds is 5. The highest BCUT2D eigenvalue weighted by molar-refractivity contribution is 6.06. The molecule has 3 aromatic rings. The quantitative estimate of drug-likeness (QED) is 0.777. The Morgan fingerprint density at radius 2 is 1.83 bits per heavy atom. The van der Waals surface area contributed by atoms with Crippen molar-refractivity contribution in [2.24, 2.45) is 0 Å². The van der Waals surface area contributed by atoms with Crippen molar-refractivity contribution in [3.05, 3.63) is 59.9 Å². The third-order valence-corrected chi connectivity index (χ3v) is 3.54. The summed E-state index contributed by atoms with van der Waals surface area (Å²) >= 11 is 0. The number of para-hydroxylation sites is 1. The molecule has 0 saturated carbocycles. The molecule has 0 atom stereocenters. The van der Waals surface area contributed by atoms with Crippen LogP contribution in [0.4, 0.5) is 5.69 Å². The third kappa shape index (κ3) is 3.05. The van der Waals surface area contributed by atoms with Crippen molar-refractivity contribution in [2.45, 2.75) is 6.61 Å². The van der Waals surface area contributed by atoms with Gasteiger partial charge in [0.05, 0.1) is 13.7 Å². The molecule has 0 aliphatic rings. The highest BCUT2D eigenvalue weighted by Crippen LogP contribution is 2.27. The Balaban J connectivity index is 1.91. The van der Waals surface area contributed by atoms with E-state index in [1.165, 1.54) is 0 Å². The molecule has 0 aliphatic carbocycles. The van der Waals surface area contributed by atoms with Crippen LogP contribution in [0.25, 0.3) is 11.0 Å². The van der Waals surface area contributed by atoms with Crippen LogP contribution in [0.5, 0.6) is 5.75 Å². The van der Waals surface area contributed by atoms with Crippen LogP contribution in [0.3, 0.4) is 0 Å². The van der Waals surface area contributed by atoms with E-state index < -0.39 is 0 Å². The van der Waals surface area contributed by atoms with Gasteiger partial charge in [-0.05, 0) is 30.3 Å². The van der Waals surface area contributed by atoms with Gasteiger partial charge in [-0.15, -0.1) is 0 Å². The molecule has 0 aliphatic heterocycles. The fourth-order valence-corrected chi connectivity index (χ4v) is 2.43. The van der Waals surface area contributed by atoms with Crippen molar-refractivity contribution in [1.29, 1.82) is 0 Å². The lowest BCUT2D eigenvalue weighted by atomic mass is 10.1. The molecule has 1 N–H and O–H groups in total. The maximum atomic E-state index is 12.5. The minimum Gasteiger partial charge on any atom is -0.497 e. The predicted octanol–water partition coefficient (Wildman–Crippen LogP) is 3.84. The number of methoxy groups -OCH3 is 2. The Hall–Kier alpha value is -2.79. The number of amides is 1. The van der Waals surface area contributed by atoms with Crippen LogP contribution >= 0.6 is 0 Å². The maximum absolute atomic E-state index is 12.5. The molecule has 3 rings (SSSR count). The van der Waals surface area contributed by atoms with E-state index in [0.717, 1.165) is 16.7 Å². The second-order valence-electron chi connectivity index (χ2n) is 5.02. The zero-order chi connectivity index (χ0) is 16.2. The first-order chi connectivity index (χ1) is 11.2. The molecule has 0 fully saturated rings. The monoisotopic (exact) mass is 311 g/mol. The van der Waals surface area contributed by atoms with Crippen LogP contribution in [-0.4, -0.2) is 20.1 Å². The summed E-state index contributed by atoms with van der Waals surface area (Å²) in [6.07, 6.45) is 0. The van der Waals surface area contributed by atoms with Gasteiger partial charge in [0.2, 0.25) is 0 Å². The number of nitrogens with one attached hydrogen (secondary N) is 1. The van der Waals surface area contributed by atoms with Crippen molar-refractivity contribution in [1.82, 2.24) is 0 Å². The Labute approximate surface area is 133 Å². The van der Waals surface area contributed by atoms with E-state index in [-0.39, 0.29) is 11.7 Å². The van der Waals surface area contributed by atoms with Crippen LogP contribution in [0.15, 0.2) is 52.9 Å². The van der Waals surface area contributed by atoms with Gasteiger partial charge in [0, 0.05) is 23.7 Å². The van der Waals surface area contributed by atoms with E-state index in [4.69, 9.17) is 13.9 Å². The summed E-state index contributed by atoms with van der Waals surface area (Å²) in [4.78, 5) is 12.5. The first-order valence-electron chi connectivity index (χ1n) is 7.17. The normalized spacial score (nSPS) is 10.7. The molecule has 5 nitrogen and oxygen atoms in total. The van der Waals surface area contributed by atoms with Crippen LogP contribution < -0.4 is 10.1 Å². The standard InChI is InChI=1S/C18H17NO4/c1-21-11-15-14-5-3-4-6-16(14)23-17(15)18(20)19-12-7-9-13(22-2)10-8-12/h3-10H,11H2,1-2H3,(H,19,20). The van der Waals surface area contributed by atoms with Crippen molar-refractivity contribution in [2.75, 3.05) is 19.5 Å². The average Bonchev–Trinajstić information content (AvgIpc) is 2.95. The summed E-state index contributed by atoms with van der Waals surface area (Å²) in [7, 11) is 3.19. The fraction of sp³-hybridized carbons (Fsp3) is 0.167. The largest absolute Gasteiger partial charge is 0.497 e. The highest BCUT2D eigenvalue weighted by atomic mass is 16.5. The molecular weight excluding hydrogens is 294 g/mol. The highest BCUT2D eigenvalue weighted by Gasteiger charge is 2.20. The van der Waals surface area contributed by atoms with Gasteiger partial charge in [0.25, 0.3) is 5.91 Å². The van der Waals surface area contributed by atoms with Crippen LogP contribution in [0, 0.1) is 0 Å². The molecule has 1 heterocycles. The van der Waals surface area contributed by atoms with E-state index in [9.17, 15) is 4.79 Å². The number of carbonyl (C=O) groups excluding carboxylic acids is 1. The fourth-order valence-electron chi connectivity index (χ4n) is 2.43.